The largest absolute Gasteiger partial charge is 0.309 e. The average molecular weight is 335 g/mol. The van der Waals surface area contributed by atoms with Crippen molar-refractivity contribution in [2.24, 2.45) is 0 Å². The monoisotopic (exact) mass is 334 g/mol. The van der Waals surface area contributed by atoms with E-state index in [-0.39, 0.29) is 18.2 Å². The lowest BCUT2D eigenvalue weighted by Gasteiger charge is -2.23. The topological polar surface area (TPSA) is 15.3 Å². The van der Waals surface area contributed by atoms with Gasteiger partial charge in [0.15, 0.2) is 0 Å². The maximum atomic E-state index is 13.8. The molecule has 0 aliphatic heterocycles. The summed E-state index contributed by atoms with van der Waals surface area (Å²) >= 11 is 3.07. The summed E-state index contributed by atoms with van der Waals surface area (Å²) in [4.78, 5) is 2.27. The van der Waals surface area contributed by atoms with E-state index in [1.54, 1.807) is 0 Å². The SMILES string of the molecule is CCN(CC)CC(C)NCc1c(F)ccc(Br)c1F. The number of nitrogens with one attached hydrogen (secondary N) is 1. The van der Waals surface area contributed by atoms with Crippen molar-refractivity contribution in [2.75, 3.05) is 19.6 Å². The fourth-order valence-electron chi connectivity index (χ4n) is 1.94. The van der Waals surface area contributed by atoms with Crippen LogP contribution in [0.2, 0.25) is 0 Å². The van der Waals surface area contributed by atoms with E-state index in [1.165, 1.54) is 12.1 Å². The first-order valence-corrected chi connectivity index (χ1v) is 7.36. The Morgan fingerprint density at radius 1 is 1.26 bits per heavy atom. The Kier molecular flexibility index (Phi) is 6.89. The molecule has 1 unspecified atom stereocenters. The van der Waals surface area contributed by atoms with Gasteiger partial charge in [-0.25, -0.2) is 8.78 Å². The maximum absolute atomic E-state index is 13.8. The van der Waals surface area contributed by atoms with Crippen molar-refractivity contribution in [3.63, 3.8) is 0 Å². The number of nitrogens with zero attached hydrogens (tertiary/aromatic N) is 1. The second-order valence-electron chi connectivity index (χ2n) is 4.59. The minimum absolute atomic E-state index is 0.0840. The third-order valence-corrected chi connectivity index (χ3v) is 3.81. The highest BCUT2D eigenvalue weighted by atomic mass is 79.9. The molecule has 2 nitrogen and oxygen atoms in total. The fraction of sp³-hybridized carbons (Fsp3) is 0.571. The first-order valence-electron chi connectivity index (χ1n) is 6.57. The Hall–Kier alpha value is -0.520. The van der Waals surface area contributed by atoms with Gasteiger partial charge in [0, 0.05) is 24.7 Å². The molecule has 0 aliphatic rings. The summed E-state index contributed by atoms with van der Waals surface area (Å²) in [5, 5.41) is 3.16. The van der Waals surface area contributed by atoms with Crippen LogP contribution in [0.1, 0.15) is 26.3 Å². The summed E-state index contributed by atoms with van der Waals surface area (Å²) in [6, 6.07) is 2.84. The average Bonchev–Trinajstić information content (AvgIpc) is 2.40. The number of hydrogen-bond donors (Lipinski definition) is 1. The van der Waals surface area contributed by atoms with Crippen molar-refractivity contribution < 1.29 is 8.78 Å². The number of rotatable bonds is 7. The van der Waals surface area contributed by atoms with E-state index in [2.05, 4.69) is 40.0 Å². The molecular weight excluding hydrogens is 314 g/mol. The molecule has 1 N–H and O–H groups in total. The van der Waals surface area contributed by atoms with Gasteiger partial charge < -0.3 is 10.2 Å². The van der Waals surface area contributed by atoms with Gasteiger partial charge in [-0.05, 0) is 48.1 Å². The summed E-state index contributed by atoms with van der Waals surface area (Å²) in [7, 11) is 0. The molecule has 0 saturated carbocycles. The molecule has 0 bridgehead atoms. The maximum Gasteiger partial charge on any atom is 0.144 e. The lowest BCUT2D eigenvalue weighted by molar-refractivity contribution is 0.270. The van der Waals surface area contributed by atoms with Crippen LogP contribution in [0.25, 0.3) is 0 Å². The van der Waals surface area contributed by atoms with Crippen LogP contribution in [0.5, 0.6) is 0 Å². The fourth-order valence-corrected chi connectivity index (χ4v) is 2.31. The molecule has 1 aromatic carbocycles. The van der Waals surface area contributed by atoms with Gasteiger partial charge in [0.25, 0.3) is 0 Å². The van der Waals surface area contributed by atoms with Crippen LogP contribution >= 0.6 is 15.9 Å². The lowest BCUT2D eigenvalue weighted by Crippen LogP contribution is -2.39. The minimum atomic E-state index is -0.525. The Morgan fingerprint density at radius 3 is 2.47 bits per heavy atom. The van der Waals surface area contributed by atoms with E-state index in [4.69, 9.17) is 0 Å². The molecule has 0 spiro atoms. The van der Waals surface area contributed by atoms with Crippen LogP contribution in [-0.2, 0) is 6.54 Å². The molecule has 0 fully saturated rings. The van der Waals surface area contributed by atoms with Crippen molar-refractivity contribution >= 4 is 15.9 Å². The predicted molar refractivity (Wildman–Crippen MR) is 78.1 cm³/mol. The van der Waals surface area contributed by atoms with Gasteiger partial charge >= 0.3 is 0 Å². The molecule has 0 saturated heterocycles. The zero-order valence-corrected chi connectivity index (χ0v) is 13.2. The molecule has 1 aromatic rings. The van der Waals surface area contributed by atoms with Crippen molar-refractivity contribution in [2.45, 2.75) is 33.4 Å². The quantitative estimate of drug-likeness (QED) is 0.767. The first-order chi connectivity index (χ1) is 8.99. The van der Waals surface area contributed by atoms with Gasteiger partial charge in [0.1, 0.15) is 11.6 Å². The number of halogens is 3. The minimum Gasteiger partial charge on any atom is -0.309 e. The van der Waals surface area contributed by atoms with E-state index in [9.17, 15) is 8.78 Å². The molecule has 1 atom stereocenters. The summed E-state index contributed by atoms with van der Waals surface area (Å²) in [6.45, 7) is 9.23. The van der Waals surface area contributed by atoms with Gasteiger partial charge in [-0.2, -0.15) is 0 Å². The van der Waals surface area contributed by atoms with Gasteiger partial charge in [0.05, 0.1) is 4.47 Å². The second-order valence-corrected chi connectivity index (χ2v) is 5.44. The first kappa shape index (κ1) is 16.5. The molecule has 0 aromatic heterocycles. The second kappa shape index (κ2) is 7.92. The Labute approximate surface area is 122 Å². The third-order valence-electron chi connectivity index (χ3n) is 3.19. The van der Waals surface area contributed by atoms with Crippen LogP contribution in [0.4, 0.5) is 8.78 Å². The summed E-state index contributed by atoms with van der Waals surface area (Å²) in [6.07, 6.45) is 0. The molecule has 0 radical (unpaired) electrons. The zero-order chi connectivity index (χ0) is 14.4. The van der Waals surface area contributed by atoms with Crippen LogP contribution in [0, 0.1) is 11.6 Å². The van der Waals surface area contributed by atoms with Gasteiger partial charge in [0.2, 0.25) is 0 Å². The number of likely N-dealkylation sites (N-methyl/N-ethyl adjacent to an activating group) is 1. The summed E-state index contributed by atoms with van der Waals surface area (Å²) in [5.74, 6) is -1.04. The highest BCUT2D eigenvalue weighted by Crippen LogP contribution is 2.21. The highest BCUT2D eigenvalue weighted by Gasteiger charge is 2.13. The standard InChI is InChI=1S/C14H21BrF2N2/c1-4-19(5-2)9-10(3)18-8-11-13(16)7-6-12(15)14(11)17/h6-7,10,18H,4-5,8-9H2,1-3H3. The van der Waals surface area contributed by atoms with E-state index in [1.807, 2.05) is 6.92 Å². The van der Waals surface area contributed by atoms with Gasteiger partial charge in [-0.1, -0.05) is 13.8 Å². The Bertz CT molecular complexity index is 409. The molecule has 5 heteroatoms. The molecule has 0 heterocycles. The van der Waals surface area contributed by atoms with Gasteiger partial charge in [-0.15, -0.1) is 0 Å². The van der Waals surface area contributed by atoms with Crippen molar-refractivity contribution in [1.29, 1.82) is 0 Å². The van der Waals surface area contributed by atoms with Gasteiger partial charge in [-0.3, -0.25) is 0 Å². The molecular formula is C14H21BrF2N2. The van der Waals surface area contributed by atoms with Crippen molar-refractivity contribution in [3.8, 4) is 0 Å². The normalized spacial score (nSPS) is 13.0. The number of benzene rings is 1. The number of hydrogen-bond acceptors (Lipinski definition) is 2. The van der Waals surface area contributed by atoms with Crippen LogP contribution < -0.4 is 5.32 Å². The molecule has 19 heavy (non-hydrogen) atoms. The highest BCUT2D eigenvalue weighted by molar-refractivity contribution is 9.10. The van der Waals surface area contributed by atoms with Crippen molar-refractivity contribution in [1.82, 2.24) is 10.2 Å². The Morgan fingerprint density at radius 2 is 1.89 bits per heavy atom. The molecule has 0 amide bonds. The molecule has 0 aliphatic carbocycles. The van der Waals surface area contributed by atoms with E-state index >= 15 is 0 Å². The predicted octanol–water partition coefficient (Wildman–Crippen LogP) is 3.55. The van der Waals surface area contributed by atoms with E-state index in [0.29, 0.717) is 4.47 Å². The summed E-state index contributed by atoms with van der Waals surface area (Å²) < 4.78 is 27.6. The van der Waals surface area contributed by atoms with E-state index < -0.39 is 11.6 Å². The lowest BCUT2D eigenvalue weighted by atomic mass is 10.2. The smallest absolute Gasteiger partial charge is 0.144 e. The zero-order valence-electron chi connectivity index (χ0n) is 11.6. The molecule has 108 valence electrons. The molecule has 1 rings (SSSR count). The summed E-state index contributed by atoms with van der Waals surface area (Å²) in [5.41, 5.74) is 0.0840. The van der Waals surface area contributed by atoms with Crippen molar-refractivity contribution in [3.05, 3.63) is 33.8 Å². The van der Waals surface area contributed by atoms with Crippen LogP contribution in [0.15, 0.2) is 16.6 Å². The van der Waals surface area contributed by atoms with Crippen LogP contribution in [-0.4, -0.2) is 30.6 Å². The van der Waals surface area contributed by atoms with Crippen LogP contribution in [0.3, 0.4) is 0 Å². The van der Waals surface area contributed by atoms with E-state index in [0.717, 1.165) is 19.6 Å². The third kappa shape index (κ3) is 4.82. The Balaban J connectivity index is 2.59.